The van der Waals surface area contributed by atoms with Gasteiger partial charge in [0.15, 0.2) is 0 Å². The van der Waals surface area contributed by atoms with Crippen molar-refractivity contribution in [3.8, 4) is 0 Å². The number of rotatable bonds is 4. The van der Waals surface area contributed by atoms with Crippen LogP contribution in [0.25, 0.3) is 10.2 Å². The van der Waals surface area contributed by atoms with Gasteiger partial charge in [0.25, 0.3) is 5.91 Å². The first-order valence-corrected chi connectivity index (χ1v) is 10.5. The molecule has 1 atom stereocenters. The number of aryl methyl sites for hydroxylation is 1. The van der Waals surface area contributed by atoms with E-state index < -0.39 is 11.9 Å². The number of likely N-dealkylation sites (tertiary alicyclic amines) is 1. The lowest BCUT2D eigenvalue weighted by Gasteiger charge is -2.33. The van der Waals surface area contributed by atoms with Gasteiger partial charge in [0.05, 0.1) is 17.1 Å². The molecule has 146 valence electrons. The molecule has 3 heterocycles. The zero-order valence-electron chi connectivity index (χ0n) is 15.5. The van der Waals surface area contributed by atoms with Crippen LogP contribution in [0.4, 0.5) is 0 Å². The Hall–Kier alpha value is -2.38. The first-order chi connectivity index (χ1) is 13.5. The van der Waals surface area contributed by atoms with Crippen molar-refractivity contribution in [3.05, 3.63) is 51.5 Å². The summed E-state index contributed by atoms with van der Waals surface area (Å²) in [6.07, 6.45) is 2.43. The lowest BCUT2D eigenvalue weighted by molar-refractivity contribution is -0.123. The molecule has 2 amide bonds. The number of hydrogen-bond acceptors (Lipinski definition) is 4. The van der Waals surface area contributed by atoms with Crippen LogP contribution in [0.15, 0.2) is 30.3 Å². The number of halogens is 1. The van der Waals surface area contributed by atoms with E-state index in [1.807, 2.05) is 41.9 Å². The highest BCUT2D eigenvalue weighted by molar-refractivity contribution is 7.20. The van der Waals surface area contributed by atoms with Gasteiger partial charge >= 0.3 is 0 Å². The molecule has 1 fully saturated rings. The summed E-state index contributed by atoms with van der Waals surface area (Å²) in [7, 11) is 0. The number of carbonyl (C=O) groups is 2. The third-order valence-corrected chi connectivity index (χ3v) is 6.69. The standard InChI is InChI=1S/C20H21ClN4O2S/c1-12-14-10-17(19(27)24-9-5-4-8-16(24)18(22)26)28-20(14)25(23-12)11-13-6-2-3-7-15(13)21/h2-3,6-7,10,16H,4-5,8-9,11H2,1H3,(H2,22,26). The molecule has 6 nitrogen and oxygen atoms in total. The van der Waals surface area contributed by atoms with E-state index in [9.17, 15) is 9.59 Å². The van der Waals surface area contributed by atoms with Gasteiger partial charge in [-0.15, -0.1) is 11.3 Å². The highest BCUT2D eigenvalue weighted by atomic mass is 35.5. The zero-order valence-corrected chi connectivity index (χ0v) is 17.1. The molecule has 3 aromatic rings. The van der Waals surface area contributed by atoms with Crippen LogP contribution in [0.5, 0.6) is 0 Å². The molecule has 1 aliphatic rings. The van der Waals surface area contributed by atoms with Gasteiger partial charge in [-0.05, 0) is 43.9 Å². The minimum absolute atomic E-state index is 0.131. The van der Waals surface area contributed by atoms with E-state index in [2.05, 4.69) is 5.10 Å². The number of aromatic nitrogens is 2. The Bertz CT molecular complexity index is 1060. The lowest BCUT2D eigenvalue weighted by atomic mass is 10.0. The number of benzene rings is 1. The number of amides is 2. The molecular formula is C20H21ClN4O2S. The highest BCUT2D eigenvalue weighted by Crippen LogP contribution is 2.31. The van der Waals surface area contributed by atoms with Crippen molar-refractivity contribution in [1.82, 2.24) is 14.7 Å². The van der Waals surface area contributed by atoms with E-state index in [0.29, 0.717) is 29.4 Å². The van der Waals surface area contributed by atoms with Crippen molar-refractivity contribution in [2.45, 2.75) is 38.8 Å². The van der Waals surface area contributed by atoms with Crippen LogP contribution in [0.2, 0.25) is 5.02 Å². The summed E-state index contributed by atoms with van der Waals surface area (Å²) < 4.78 is 1.88. The fourth-order valence-corrected chi connectivity index (χ4v) is 5.04. The predicted molar refractivity (Wildman–Crippen MR) is 111 cm³/mol. The van der Waals surface area contributed by atoms with Gasteiger partial charge in [-0.25, -0.2) is 0 Å². The van der Waals surface area contributed by atoms with Crippen molar-refractivity contribution in [2.24, 2.45) is 5.73 Å². The summed E-state index contributed by atoms with van der Waals surface area (Å²) in [5.41, 5.74) is 7.36. The molecule has 1 unspecified atom stereocenters. The summed E-state index contributed by atoms with van der Waals surface area (Å²) in [5, 5.41) is 6.25. The molecule has 8 heteroatoms. The van der Waals surface area contributed by atoms with Crippen molar-refractivity contribution in [2.75, 3.05) is 6.54 Å². The zero-order chi connectivity index (χ0) is 19.8. The maximum Gasteiger partial charge on any atom is 0.264 e. The normalized spacial score (nSPS) is 17.2. The number of piperidine rings is 1. The molecule has 0 radical (unpaired) electrons. The molecule has 0 aliphatic carbocycles. The van der Waals surface area contributed by atoms with Gasteiger partial charge in [-0.2, -0.15) is 5.10 Å². The molecule has 1 saturated heterocycles. The molecular weight excluding hydrogens is 396 g/mol. The number of nitrogens with zero attached hydrogens (tertiary/aromatic N) is 3. The summed E-state index contributed by atoms with van der Waals surface area (Å²) >= 11 is 7.69. The second-order valence-electron chi connectivity index (χ2n) is 7.08. The smallest absolute Gasteiger partial charge is 0.264 e. The largest absolute Gasteiger partial charge is 0.368 e. The van der Waals surface area contributed by atoms with E-state index in [1.54, 1.807) is 4.90 Å². The van der Waals surface area contributed by atoms with Crippen LogP contribution < -0.4 is 5.73 Å². The van der Waals surface area contributed by atoms with Crippen molar-refractivity contribution in [3.63, 3.8) is 0 Å². The fourth-order valence-electron chi connectivity index (χ4n) is 3.73. The van der Waals surface area contributed by atoms with Gasteiger partial charge < -0.3 is 10.6 Å². The Kier molecular flexibility index (Phi) is 5.12. The van der Waals surface area contributed by atoms with E-state index in [0.717, 1.165) is 34.3 Å². The maximum atomic E-state index is 13.1. The van der Waals surface area contributed by atoms with E-state index in [1.165, 1.54) is 11.3 Å². The first kappa shape index (κ1) is 19.0. The molecule has 28 heavy (non-hydrogen) atoms. The third kappa shape index (κ3) is 3.40. The average molecular weight is 417 g/mol. The number of thiophene rings is 1. The SMILES string of the molecule is Cc1nn(Cc2ccccc2Cl)c2sc(C(=O)N3CCCCC3C(N)=O)cc12. The average Bonchev–Trinajstić information content (AvgIpc) is 3.24. The monoisotopic (exact) mass is 416 g/mol. The fraction of sp³-hybridized carbons (Fsp3) is 0.350. The van der Waals surface area contributed by atoms with Gasteiger partial charge in [0, 0.05) is 17.0 Å². The quantitative estimate of drug-likeness (QED) is 0.705. The van der Waals surface area contributed by atoms with Crippen molar-refractivity contribution < 1.29 is 9.59 Å². The number of carbonyl (C=O) groups excluding carboxylic acids is 2. The Morgan fingerprint density at radius 2 is 2.11 bits per heavy atom. The Morgan fingerprint density at radius 1 is 1.32 bits per heavy atom. The summed E-state index contributed by atoms with van der Waals surface area (Å²) in [6.45, 7) is 3.02. The lowest BCUT2D eigenvalue weighted by Crippen LogP contribution is -2.50. The van der Waals surface area contributed by atoms with E-state index >= 15 is 0 Å². The Balaban J connectivity index is 1.67. The minimum Gasteiger partial charge on any atom is -0.368 e. The topological polar surface area (TPSA) is 81.2 Å². The van der Waals surface area contributed by atoms with Gasteiger partial charge in [-0.1, -0.05) is 29.8 Å². The molecule has 0 bridgehead atoms. The Labute approximate surface area is 171 Å². The van der Waals surface area contributed by atoms with E-state index in [-0.39, 0.29) is 5.91 Å². The molecule has 2 aromatic heterocycles. The molecule has 4 rings (SSSR count). The van der Waals surface area contributed by atoms with Crippen LogP contribution in [-0.2, 0) is 11.3 Å². The number of primary amides is 1. The molecule has 1 aliphatic heterocycles. The van der Waals surface area contributed by atoms with Crippen LogP contribution in [0, 0.1) is 6.92 Å². The van der Waals surface area contributed by atoms with Gasteiger partial charge in [0.1, 0.15) is 10.9 Å². The summed E-state index contributed by atoms with van der Waals surface area (Å²) in [4.78, 5) is 28.0. The summed E-state index contributed by atoms with van der Waals surface area (Å²) in [5.74, 6) is -0.566. The maximum absolute atomic E-state index is 13.1. The van der Waals surface area contributed by atoms with Gasteiger partial charge in [-0.3, -0.25) is 14.3 Å². The molecule has 2 N–H and O–H groups in total. The second-order valence-corrected chi connectivity index (χ2v) is 8.51. The summed E-state index contributed by atoms with van der Waals surface area (Å²) in [6, 6.07) is 9.02. The van der Waals surface area contributed by atoms with Crippen LogP contribution in [0.3, 0.4) is 0 Å². The molecule has 1 aromatic carbocycles. The first-order valence-electron chi connectivity index (χ1n) is 9.26. The highest BCUT2D eigenvalue weighted by Gasteiger charge is 2.32. The molecule has 0 spiro atoms. The second kappa shape index (κ2) is 7.56. The van der Waals surface area contributed by atoms with Crippen LogP contribution in [0.1, 0.15) is 40.2 Å². The van der Waals surface area contributed by atoms with Crippen molar-refractivity contribution in [1.29, 1.82) is 0 Å². The number of fused-ring (bicyclic) bond motifs is 1. The third-order valence-electron chi connectivity index (χ3n) is 5.19. The van der Waals surface area contributed by atoms with Crippen LogP contribution in [-0.4, -0.2) is 39.1 Å². The number of nitrogens with two attached hydrogens (primary N) is 1. The minimum atomic E-state index is -0.521. The van der Waals surface area contributed by atoms with Crippen LogP contribution >= 0.6 is 22.9 Å². The number of hydrogen-bond donors (Lipinski definition) is 1. The predicted octanol–water partition coefficient (Wildman–Crippen LogP) is 3.59. The molecule has 0 saturated carbocycles. The van der Waals surface area contributed by atoms with E-state index in [4.69, 9.17) is 17.3 Å². The van der Waals surface area contributed by atoms with Gasteiger partial charge in [0.2, 0.25) is 5.91 Å². The van der Waals surface area contributed by atoms with Crippen molar-refractivity contribution >= 4 is 45.0 Å². The Morgan fingerprint density at radius 3 is 2.86 bits per heavy atom.